The molecule has 1 aliphatic rings. The molecule has 0 aromatic carbocycles. The fourth-order valence-electron chi connectivity index (χ4n) is 2.73. The molecular weight excluding hydrogens is 212 g/mol. The zero-order valence-electron chi connectivity index (χ0n) is 12.0. The number of likely N-dealkylation sites (N-methyl/N-ethyl adjacent to an activating group) is 1. The van der Waals surface area contributed by atoms with E-state index in [-0.39, 0.29) is 0 Å². The van der Waals surface area contributed by atoms with Crippen molar-refractivity contribution in [2.45, 2.75) is 65.1 Å². The third-order valence-corrected chi connectivity index (χ3v) is 3.93. The van der Waals surface area contributed by atoms with Gasteiger partial charge in [-0.25, -0.2) is 0 Å². The third-order valence-electron chi connectivity index (χ3n) is 3.93. The lowest BCUT2D eigenvalue weighted by atomic mass is 9.99. The molecule has 17 heavy (non-hydrogen) atoms. The molecule has 102 valence electrons. The summed E-state index contributed by atoms with van der Waals surface area (Å²) in [6.07, 6.45) is 3.57. The Labute approximate surface area is 107 Å². The number of rotatable bonds is 7. The molecule has 1 N–H and O–H groups in total. The average Bonchev–Trinajstić information content (AvgIpc) is 2.38. The van der Waals surface area contributed by atoms with Gasteiger partial charge in [0.25, 0.3) is 0 Å². The van der Waals surface area contributed by atoms with Crippen molar-refractivity contribution in [2.75, 3.05) is 26.3 Å². The van der Waals surface area contributed by atoms with E-state index < -0.39 is 0 Å². The molecule has 0 bridgehead atoms. The summed E-state index contributed by atoms with van der Waals surface area (Å²) < 4.78 is 5.69. The molecule has 3 unspecified atom stereocenters. The van der Waals surface area contributed by atoms with Crippen LogP contribution in [0.25, 0.3) is 0 Å². The first-order chi connectivity index (χ1) is 8.24. The van der Waals surface area contributed by atoms with Gasteiger partial charge in [-0.2, -0.15) is 0 Å². The van der Waals surface area contributed by atoms with Crippen molar-refractivity contribution in [1.29, 1.82) is 0 Å². The van der Waals surface area contributed by atoms with E-state index in [0.29, 0.717) is 18.1 Å². The van der Waals surface area contributed by atoms with E-state index in [0.717, 1.165) is 32.7 Å². The predicted molar refractivity (Wildman–Crippen MR) is 73.4 cm³/mol. The highest BCUT2D eigenvalue weighted by molar-refractivity contribution is 4.88. The Hall–Kier alpha value is -0.120. The molecule has 1 aliphatic heterocycles. The topological polar surface area (TPSA) is 24.5 Å². The van der Waals surface area contributed by atoms with E-state index in [1.165, 1.54) is 12.8 Å². The summed E-state index contributed by atoms with van der Waals surface area (Å²) in [5, 5.41) is 3.69. The molecular formula is C14H30N2O. The summed E-state index contributed by atoms with van der Waals surface area (Å²) in [5.41, 5.74) is 0. The van der Waals surface area contributed by atoms with E-state index in [2.05, 4.69) is 37.9 Å². The molecule has 0 spiro atoms. The summed E-state index contributed by atoms with van der Waals surface area (Å²) in [6, 6.07) is 1.81. The predicted octanol–water partition coefficient (Wildman–Crippen LogP) is 2.26. The highest BCUT2D eigenvalue weighted by Crippen LogP contribution is 2.18. The molecule has 1 fully saturated rings. The summed E-state index contributed by atoms with van der Waals surface area (Å²) in [4.78, 5) is 2.60. The first-order valence-electron chi connectivity index (χ1n) is 7.31. The van der Waals surface area contributed by atoms with Gasteiger partial charge in [0, 0.05) is 24.7 Å². The number of nitrogens with zero attached hydrogens (tertiary/aromatic N) is 1. The lowest BCUT2D eigenvalue weighted by Crippen LogP contribution is -2.57. The zero-order valence-corrected chi connectivity index (χ0v) is 12.0. The molecule has 3 atom stereocenters. The molecule has 0 aliphatic carbocycles. The van der Waals surface area contributed by atoms with Crippen LogP contribution >= 0.6 is 0 Å². The van der Waals surface area contributed by atoms with Crippen LogP contribution in [-0.2, 0) is 4.74 Å². The van der Waals surface area contributed by atoms with Gasteiger partial charge in [0.15, 0.2) is 0 Å². The molecule has 3 heteroatoms. The van der Waals surface area contributed by atoms with Gasteiger partial charge in [-0.1, -0.05) is 20.8 Å². The minimum Gasteiger partial charge on any atom is -0.380 e. The van der Waals surface area contributed by atoms with Gasteiger partial charge in [-0.15, -0.1) is 0 Å². The van der Waals surface area contributed by atoms with Crippen LogP contribution in [-0.4, -0.2) is 49.3 Å². The number of nitrogens with one attached hydrogen (secondary N) is 1. The second kappa shape index (κ2) is 8.06. The maximum atomic E-state index is 5.69. The van der Waals surface area contributed by atoms with E-state index in [4.69, 9.17) is 4.74 Å². The number of hydrogen-bond acceptors (Lipinski definition) is 3. The van der Waals surface area contributed by atoms with Crippen LogP contribution in [0.4, 0.5) is 0 Å². The Morgan fingerprint density at radius 2 is 2.12 bits per heavy atom. The van der Waals surface area contributed by atoms with Crippen molar-refractivity contribution in [3.63, 3.8) is 0 Å². The van der Waals surface area contributed by atoms with Gasteiger partial charge >= 0.3 is 0 Å². The van der Waals surface area contributed by atoms with Crippen LogP contribution in [0, 0.1) is 0 Å². The Morgan fingerprint density at radius 1 is 1.35 bits per heavy atom. The normalized spacial score (nSPS) is 27.4. The lowest BCUT2D eigenvalue weighted by Gasteiger charge is -2.42. The van der Waals surface area contributed by atoms with Crippen molar-refractivity contribution >= 4 is 0 Å². The van der Waals surface area contributed by atoms with Crippen LogP contribution in [0.1, 0.15) is 47.0 Å². The molecule has 0 aromatic heterocycles. The van der Waals surface area contributed by atoms with Gasteiger partial charge in [-0.05, 0) is 39.3 Å². The maximum Gasteiger partial charge on any atom is 0.0637 e. The van der Waals surface area contributed by atoms with Gasteiger partial charge in [0.05, 0.1) is 6.61 Å². The summed E-state index contributed by atoms with van der Waals surface area (Å²) in [5.74, 6) is 0. The fourth-order valence-corrected chi connectivity index (χ4v) is 2.73. The Balaban J connectivity index is 2.60. The number of ether oxygens (including phenoxy) is 1. The average molecular weight is 242 g/mol. The smallest absolute Gasteiger partial charge is 0.0637 e. The molecule has 0 radical (unpaired) electrons. The second-order valence-electron chi connectivity index (χ2n) is 5.08. The largest absolute Gasteiger partial charge is 0.380 e. The summed E-state index contributed by atoms with van der Waals surface area (Å²) >= 11 is 0. The fraction of sp³-hybridized carbons (Fsp3) is 1.00. The van der Waals surface area contributed by atoms with Crippen molar-refractivity contribution in [2.24, 2.45) is 0 Å². The Kier molecular flexibility index (Phi) is 7.09. The highest BCUT2D eigenvalue weighted by atomic mass is 16.5. The maximum absolute atomic E-state index is 5.69. The third kappa shape index (κ3) is 4.23. The van der Waals surface area contributed by atoms with Crippen molar-refractivity contribution in [3.8, 4) is 0 Å². The Bertz CT molecular complexity index is 199. The minimum absolute atomic E-state index is 0.551. The quantitative estimate of drug-likeness (QED) is 0.741. The minimum atomic E-state index is 0.551. The van der Waals surface area contributed by atoms with E-state index in [1.807, 2.05) is 0 Å². The van der Waals surface area contributed by atoms with Gasteiger partial charge in [-0.3, -0.25) is 4.90 Å². The highest BCUT2D eigenvalue weighted by Gasteiger charge is 2.31. The lowest BCUT2D eigenvalue weighted by molar-refractivity contribution is -0.0155. The van der Waals surface area contributed by atoms with Crippen LogP contribution in [0.5, 0.6) is 0 Å². The van der Waals surface area contributed by atoms with Gasteiger partial charge in [0.1, 0.15) is 0 Å². The first kappa shape index (κ1) is 14.9. The molecule has 1 heterocycles. The summed E-state index contributed by atoms with van der Waals surface area (Å²) in [6.45, 7) is 13.1. The van der Waals surface area contributed by atoms with Crippen LogP contribution in [0.2, 0.25) is 0 Å². The molecule has 0 aromatic rings. The zero-order chi connectivity index (χ0) is 12.7. The second-order valence-corrected chi connectivity index (χ2v) is 5.08. The molecule has 1 rings (SSSR count). The SMILES string of the molecule is CCCNC1CCOCC1N(CC)C(C)CC. The Morgan fingerprint density at radius 3 is 2.71 bits per heavy atom. The van der Waals surface area contributed by atoms with Crippen LogP contribution in [0.3, 0.4) is 0 Å². The van der Waals surface area contributed by atoms with Crippen molar-refractivity contribution < 1.29 is 4.74 Å². The van der Waals surface area contributed by atoms with E-state index >= 15 is 0 Å². The molecule has 0 saturated carbocycles. The monoisotopic (exact) mass is 242 g/mol. The van der Waals surface area contributed by atoms with E-state index in [1.54, 1.807) is 0 Å². The van der Waals surface area contributed by atoms with E-state index in [9.17, 15) is 0 Å². The van der Waals surface area contributed by atoms with Crippen LogP contribution in [0.15, 0.2) is 0 Å². The first-order valence-corrected chi connectivity index (χ1v) is 7.31. The van der Waals surface area contributed by atoms with Gasteiger partial charge in [0.2, 0.25) is 0 Å². The van der Waals surface area contributed by atoms with Crippen molar-refractivity contribution in [1.82, 2.24) is 10.2 Å². The molecule has 3 nitrogen and oxygen atoms in total. The van der Waals surface area contributed by atoms with Gasteiger partial charge < -0.3 is 10.1 Å². The standard InChI is InChI=1S/C14H30N2O/c1-5-9-15-13-8-10-17-11-14(13)16(7-3)12(4)6-2/h12-15H,5-11H2,1-4H3. The molecule has 1 saturated heterocycles. The van der Waals surface area contributed by atoms with Crippen molar-refractivity contribution in [3.05, 3.63) is 0 Å². The molecule has 0 amide bonds. The summed E-state index contributed by atoms with van der Waals surface area (Å²) in [7, 11) is 0. The number of hydrogen-bond donors (Lipinski definition) is 1. The van der Waals surface area contributed by atoms with Crippen LogP contribution < -0.4 is 5.32 Å².